The topological polar surface area (TPSA) is 39.7 Å². The maximum atomic E-state index is 5.89. The molecule has 0 atom stereocenters. The molecule has 20 heavy (non-hydrogen) atoms. The molecule has 1 aromatic rings. The zero-order valence-electron chi connectivity index (χ0n) is 12.7. The summed E-state index contributed by atoms with van der Waals surface area (Å²) in [6.07, 6.45) is 1.10. The zero-order chi connectivity index (χ0) is 15.0. The van der Waals surface area contributed by atoms with E-state index in [0.29, 0.717) is 0 Å². The molecule has 1 N–H and O–H groups in total. The van der Waals surface area contributed by atoms with E-state index in [1.165, 1.54) is 0 Å². The Morgan fingerprint density at radius 2 is 2.00 bits per heavy atom. The molecule has 114 valence electrons. The van der Waals surface area contributed by atoms with Gasteiger partial charge in [0.15, 0.2) is 11.5 Å². The lowest BCUT2D eigenvalue weighted by molar-refractivity contribution is 0.194. The van der Waals surface area contributed by atoms with Crippen LogP contribution in [-0.4, -0.2) is 33.5 Å². The van der Waals surface area contributed by atoms with Crippen molar-refractivity contribution in [2.24, 2.45) is 0 Å². The van der Waals surface area contributed by atoms with Crippen LogP contribution in [0.4, 0.5) is 0 Å². The number of ether oxygens (including phenoxy) is 3. The van der Waals surface area contributed by atoms with Gasteiger partial charge in [-0.3, -0.25) is 0 Å². The van der Waals surface area contributed by atoms with Gasteiger partial charge < -0.3 is 19.5 Å². The van der Waals surface area contributed by atoms with Crippen LogP contribution in [0.2, 0.25) is 0 Å². The summed E-state index contributed by atoms with van der Waals surface area (Å²) in [5.41, 5.74) is 1.09. The Balaban J connectivity index is 2.78. The maximum absolute atomic E-state index is 5.89. The molecular formula is C15H24BrNO3. The molecular weight excluding hydrogens is 322 g/mol. The molecule has 1 rings (SSSR count). The van der Waals surface area contributed by atoms with Crippen molar-refractivity contribution in [2.45, 2.75) is 32.9 Å². The first-order valence-corrected chi connectivity index (χ1v) is 7.60. The average molecular weight is 346 g/mol. The van der Waals surface area contributed by atoms with E-state index >= 15 is 0 Å². The highest BCUT2D eigenvalue weighted by atomic mass is 79.9. The Kier molecular flexibility index (Phi) is 7.95. The summed E-state index contributed by atoms with van der Waals surface area (Å²) in [6.45, 7) is 6.43. The lowest BCUT2D eigenvalue weighted by atomic mass is 10.1. The van der Waals surface area contributed by atoms with Crippen LogP contribution in [0.15, 0.2) is 16.6 Å². The molecule has 0 radical (unpaired) electrons. The molecule has 0 amide bonds. The number of rotatable bonds is 9. The Labute approximate surface area is 129 Å². The van der Waals surface area contributed by atoms with Crippen molar-refractivity contribution < 1.29 is 14.2 Å². The van der Waals surface area contributed by atoms with Crippen molar-refractivity contribution in [3.63, 3.8) is 0 Å². The van der Waals surface area contributed by atoms with Crippen molar-refractivity contribution in [2.75, 3.05) is 27.4 Å². The molecule has 0 spiro atoms. The number of nitrogens with one attached hydrogen (secondary N) is 1. The van der Waals surface area contributed by atoms with Crippen LogP contribution in [0.25, 0.3) is 0 Å². The fraction of sp³-hybridized carbons (Fsp3) is 0.600. The van der Waals surface area contributed by atoms with Gasteiger partial charge in [-0.05, 0) is 38.9 Å². The lowest BCUT2D eigenvalue weighted by Crippen LogP contribution is -2.18. The van der Waals surface area contributed by atoms with Crippen LogP contribution in [0.3, 0.4) is 0 Å². The number of methoxy groups -OCH3 is 2. The number of hydrogen-bond donors (Lipinski definition) is 1. The Hall–Kier alpha value is -0.780. The number of halogens is 1. The van der Waals surface area contributed by atoms with Gasteiger partial charge >= 0.3 is 0 Å². The number of hydrogen-bond acceptors (Lipinski definition) is 4. The Morgan fingerprint density at radius 1 is 1.25 bits per heavy atom. The van der Waals surface area contributed by atoms with Crippen LogP contribution in [0, 0.1) is 0 Å². The second-order valence-corrected chi connectivity index (χ2v) is 5.70. The van der Waals surface area contributed by atoms with E-state index in [4.69, 9.17) is 14.2 Å². The van der Waals surface area contributed by atoms with Gasteiger partial charge in [0.25, 0.3) is 0 Å². The smallest absolute Gasteiger partial charge is 0.166 e. The Morgan fingerprint density at radius 3 is 2.60 bits per heavy atom. The highest BCUT2D eigenvalue weighted by molar-refractivity contribution is 9.10. The molecule has 1 aromatic carbocycles. The van der Waals surface area contributed by atoms with Gasteiger partial charge in [-0.15, -0.1) is 0 Å². The average Bonchev–Trinajstić information content (AvgIpc) is 2.40. The summed E-state index contributed by atoms with van der Waals surface area (Å²) >= 11 is 3.50. The summed E-state index contributed by atoms with van der Waals surface area (Å²) in [4.78, 5) is 0. The quantitative estimate of drug-likeness (QED) is 0.696. The lowest BCUT2D eigenvalue weighted by Gasteiger charge is -2.18. The van der Waals surface area contributed by atoms with Crippen LogP contribution in [-0.2, 0) is 11.3 Å². The van der Waals surface area contributed by atoms with E-state index in [-0.39, 0.29) is 6.10 Å². The minimum atomic E-state index is 0.109. The molecule has 0 saturated heterocycles. The van der Waals surface area contributed by atoms with Crippen LogP contribution >= 0.6 is 15.9 Å². The fourth-order valence-electron chi connectivity index (χ4n) is 1.84. The third-order valence-corrected chi connectivity index (χ3v) is 3.15. The predicted octanol–water partition coefficient (Wildman–Crippen LogP) is 3.37. The molecule has 0 aliphatic heterocycles. The van der Waals surface area contributed by atoms with Gasteiger partial charge in [0.1, 0.15) is 0 Å². The van der Waals surface area contributed by atoms with Crippen molar-refractivity contribution >= 4 is 15.9 Å². The van der Waals surface area contributed by atoms with Crippen molar-refractivity contribution in [1.29, 1.82) is 0 Å². The molecule has 0 heterocycles. The van der Waals surface area contributed by atoms with Gasteiger partial charge in [0.2, 0.25) is 0 Å². The minimum Gasteiger partial charge on any atom is -0.493 e. The molecule has 4 nitrogen and oxygen atoms in total. The molecule has 0 aromatic heterocycles. The predicted molar refractivity (Wildman–Crippen MR) is 84.7 cm³/mol. The molecule has 0 aliphatic carbocycles. The maximum Gasteiger partial charge on any atom is 0.166 e. The van der Waals surface area contributed by atoms with Crippen molar-refractivity contribution in [3.05, 3.63) is 22.2 Å². The van der Waals surface area contributed by atoms with E-state index in [0.717, 1.165) is 47.7 Å². The molecule has 0 saturated carbocycles. The summed E-state index contributed by atoms with van der Waals surface area (Å²) in [7, 11) is 3.37. The first kappa shape index (κ1) is 17.3. The van der Waals surface area contributed by atoms with E-state index in [1.807, 2.05) is 19.9 Å². The Bertz CT molecular complexity index is 410. The third-order valence-electron chi connectivity index (χ3n) is 2.69. The van der Waals surface area contributed by atoms with Crippen molar-refractivity contribution in [3.8, 4) is 11.5 Å². The molecule has 0 unspecified atom stereocenters. The summed E-state index contributed by atoms with van der Waals surface area (Å²) in [5.74, 6) is 1.56. The van der Waals surface area contributed by atoms with Crippen molar-refractivity contribution in [1.82, 2.24) is 5.32 Å². The van der Waals surface area contributed by atoms with Crippen LogP contribution in [0.5, 0.6) is 11.5 Å². The molecule has 0 bridgehead atoms. The third kappa shape index (κ3) is 5.69. The second-order valence-electron chi connectivity index (χ2n) is 4.79. The van der Waals surface area contributed by atoms with Gasteiger partial charge in [0, 0.05) is 30.3 Å². The highest BCUT2D eigenvalue weighted by Gasteiger charge is 2.13. The van der Waals surface area contributed by atoms with Crippen LogP contribution in [0.1, 0.15) is 25.8 Å². The minimum absolute atomic E-state index is 0.109. The van der Waals surface area contributed by atoms with Gasteiger partial charge in [-0.2, -0.15) is 0 Å². The van der Waals surface area contributed by atoms with E-state index < -0.39 is 0 Å². The summed E-state index contributed by atoms with van der Waals surface area (Å²) < 4.78 is 17.3. The zero-order valence-corrected chi connectivity index (χ0v) is 14.2. The second kappa shape index (κ2) is 9.21. The first-order valence-electron chi connectivity index (χ1n) is 6.81. The normalized spacial score (nSPS) is 10.9. The van der Waals surface area contributed by atoms with Gasteiger partial charge in [-0.1, -0.05) is 15.9 Å². The molecule has 5 heteroatoms. The van der Waals surface area contributed by atoms with Crippen LogP contribution < -0.4 is 14.8 Å². The highest BCUT2D eigenvalue weighted by Crippen LogP contribution is 2.35. The first-order chi connectivity index (χ1) is 9.58. The van der Waals surface area contributed by atoms with E-state index in [2.05, 4.69) is 27.3 Å². The standard InChI is InChI=1S/C15H24BrNO3/c1-11(2)20-15-12(10-17-6-5-7-18-3)8-13(16)9-14(15)19-4/h8-9,11,17H,5-7,10H2,1-4H3. The van der Waals surface area contributed by atoms with Gasteiger partial charge in [-0.25, -0.2) is 0 Å². The SMILES string of the molecule is COCCCNCc1cc(Br)cc(OC)c1OC(C)C. The summed E-state index contributed by atoms with van der Waals surface area (Å²) in [5, 5.41) is 3.39. The number of benzene rings is 1. The van der Waals surface area contributed by atoms with Gasteiger partial charge in [0.05, 0.1) is 13.2 Å². The molecule has 0 fully saturated rings. The fourth-order valence-corrected chi connectivity index (χ4v) is 2.32. The van der Waals surface area contributed by atoms with E-state index in [9.17, 15) is 0 Å². The molecule has 0 aliphatic rings. The largest absolute Gasteiger partial charge is 0.493 e. The van der Waals surface area contributed by atoms with E-state index in [1.54, 1.807) is 14.2 Å². The monoisotopic (exact) mass is 345 g/mol. The summed E-state index contributed by atoms with van der Waals surface area (Å²) in [6, 6.07) is 3.98.